The number of nitrogens with one attached hydrogen (secondary N) is 1. The standard InChI is InChI=1S/C22H20ClN5O3/c1-15-6-8-16(9-7-15)31-14-20(29)24-12-13-30-21-11-10-19-25-26-22(28(19)27-21)17-4-2-3-5-18(17)23/h2-11H,12-14H2,1H3,(H,24,29). The maximum Gasteiger partial charge on any atom is 0.258 e. The van der Waals surface area contributed by atoms with Gasteiger partial charge in [0, 0.05) is 11.6 Å². The average molecular weight is 438 g/mol. The molecule has 2 heterocycles. The molecule has 1 N–H and O–H groups in total. The van der Waals surface area contributed by atoms with Crippen LogP contribution >= 0.6 is 11.6 Å². The maximum absolute atomic E-state index is 11.9. The number of hydrogen-bond acceptors (Lipinski definition) is 6. The Bertz CT molecular complexity index is 1190. The van der Waals surface area contributed by atoms with Crippen LogP contribution in [0.1, 0.15) is 5.56 Å². The normalized spacial score (nSPS) is 10.8. The highest BCUT2D eigenvalue weighted by molar-refractivity contribution is 6.33. The van der Waals surface area contributed by atoms with E-state index in [9.17, 15) is 4.79 Å². The molecule has 0 spiro atoms. The van der Waals surface area contributed by atoms with Gasteiger partial charge in [-0.15, -0.1) is 15.3 Å². The van der Waals surface area contributed by atoms with Crippen molar-refractivity contribution in [2.24, 2.45) is 0 Å². The molecule has 4 aromatic rings. The zero-order chi connectivity index (χ0) is 21.6. The van der Waals surface area contributed by atoms with Gasteiger partial charge in [0.05, 0.1) is 11.6 Å². The second kappa shape index (κ2) is 9.44. The Hall–Kier alpha value is -3.65. The van der Waals surface area contributed by atoms with Crippen molar-refractivity contribution in [1.29, 1.82) is 0 Å². The first kappa shape index (κ1) is 20.6. The molecule has 0 aliphatic carbocycles. The molecule has 2 aromatic heterocycles. The number of halogens is 1. The molecule has 0 aliphatic rings. The molecule has 0 unspecified atom stereocenters. The number of benzene rings is 2. The molecule has 0 aliphatic heterocycles. The van der Waals surface area contributed by atoms with E-state index in [0.717, 1.165) is 11.1 Å². The summed E-state index contributed by atoms with van der Waals surface area (Å²) in [6.45, 7) is 2.49. The third-order valence-electron chi connectivity index (χ3n) is 4.42. The number of hydrogen-bond donors (Lipinski definition) is 1. The van der Waals surface area contributed by atoms with Crippen molar-refractivity contribution >= 4 is 23.2 Å². The summed E-state index contributed by atoms with van der Waals surface area (Å²) in [4.78, 5) is 11.9. The van der Waals surface area contributed by atoms with Gasteiger partial charge in [0.15, 0.2) is 18.1 Å². The molecule has 4 rings (SSSR count). The van der Waals surface area contributed by atoms with Crippen molar-refractivity contribution < 1.29 is 14.3 Å². The molecule has 0 bridgehead atoms. The fourth-order valence-electron chi connectivity index (χ4n) is 2.84. The van der Waals surface area contributed by atoms with Gasteiger partial charge in [0.1, 0.15) is 12.4 Å². The van der Waals surface area contributed by atoms with Gasteiger partial charge < -0.3 is 14.8 Å². The van der Waals surface area contributed by atoms with Gasteiger partial charge in [-0.3, -0.25) is 4.79 Å². The molecule has 0 radical (unpaired) electrons. The lowest BCUT2D eigenvalue weighted by atomic mass is 10.2. The van der Waals surface area contributed by atoms with Gasteiger partial charge in [-0.05, 0) is 37.3 Å². The van der Waals surface area contributed by atoms with E-state index in [1.54, 1.807) is 22.7 Å². The summed E-state index contributed by atoms with van der Waals surface area (Å²) in [6.07, 6.45) is 0. The van der Waals surface area contributed by atoms with Crippen molar-refractivity contribution in [2.75, 3.05) is 19.8 Å². The van der Waals surface area contributed by atoms with E-state index in [1.165, 1.54) is 0 Å². The molecule has 8 nitrogen and oxygen atoms in total. The number of carbonyl (C=O) groups is 1. The van der Waals surface area contributed by atoms with Crippen LogP contribution in [0.4, 0.5) is 0 Å². The van der Waals surface area contributed by atoms with E-state index in [-0.39, 0.29) is 19.1 Å². The molecule has 31 heavy (non-hydrogen) atoms. The van der Waals surface area contributed by atoms with Crippen LogP contribution in [0.25, 0.3) is 17.0 Å². The molecule has 9 heteroatoms. The van der Waals surface area contributed by atoms with Crippen LogP contribution in [0.3, 0.4) is 0 Å². The lowest BCUT2D eigenvalue weighted by Gasteiger charge is -2.09. The summed E-state index contributed by atoms with van der Waals surface area (Å²) >= 11 is 6.27. The molecule has 0 fully saturated rings. The van der Waals surface area contributed by atoms with Crippen molar-refractivity contribution in [1.82, 2.24) is 25.1 Å². The van der Waals surface area contributed by atoms with Gasteiger partial charge >= 0.3 is 0 Å². The minimum absolute atomic E-state index is 0.0603. The van der Waals surface area contributed by atoms with Crippen LogP contribution in [0, 0.1) is 6.92 Å². The zero-order valence-corrected chi connectivity index (χ0v) is 17.5. The topological polar surface area (TPSA) is 90.6 Å². The van der Waals surface area contributed by atoms with E-state index < -0.39 is 0 Å². The van der Waals surface area contributed by atoms with Gasteiger partial charge in [0.2, 0.25) is 5.88 Å². The van der Waals surface area contributed by atoms with Crippen LogP contribution in [-0.4, -0.2) is 45.5 Å². The Morgan fingerprint density at radius 2 is 1.84 bits per heavy atom. The summed E-state index contributed by atoms with van der Waals surface area (Å²) in [6, 6.07) is 18.3. The zero-order valence-electron chi connectivity index (χ0n) is 16.8. The Labute approximate surface area is 183 Å². The van der Waals surface area contributed by atoms with E-state index in [4.69, 9.17) is 21.1 Å². The smallest absolute Gasteiger partial charge is 0.258 e. The van der Waals surface area contributed by atoms with E-state index in [2.05, 4.69) is 20.6 Å². The first-order valence-corrected chi connectivity index (χ1v) is 10.0. The summed E-state index contributed by atoms with van der Waals surface area (Å²) < 4.78 is 12.7. The maximum atomic E-state index is 11.9. The molecule has 2 aromatic carbocycles. The fraction of sp³-hybridized carbons (Fsp3) is 0.182. The van der Waals surface area contributed by atoms with E-state index >= 15 is 0 Å². The lowest BCUT2D eigenvalue weighted by Crippen LogP contribution is -2.32. The highest BCUT2D eigenvalue weighted by Gasteiger charge is 2.13. The predicted octanol–water partition coefficient (Wildman–Crippen LogP) is 3.33. The first-order chi connectivity index (χ1) is 15.1. The molecular weight excluding hydrogens is 418 g/mol. The Morgan fingerprint density at radius 3 is 2.65 bits per heavy atom. The van der Waals surface area contributed by atoms with Crippen molar-refractivity contribution in [3.63, 3.8) is 0 Å². The number of aryl methyl sites for hydroxylation is 1. The van der Waals surface area contributed by atoms with Crippen LogP contribution in [0.2, 0.25) is 5.02 Å². The van der Waals surface area contributed by atoms with E-state index in [0.29, 0.717) is 34.7 Å². The Balaban J connectivity index is 1.30. The van der Waals surface area contributed by atoms with Gasteiger partial charge in [-0.2, -0.15) is 4.52 Å². The first-order valence-electron chi connectivity index (χ1n) is 9.66. The van der Waals surface area contributed by atoms with E-state index in [1.807, 2.05) is 49.4 Å². The molecule has 0 saturated heterocycles. The molecule has 0 atom stereocenters. The number of nitrogens with zero attached hydrogens (tertiary/aromatic N) is 4. The number of ether oxygens (including phenoxy) is 2. The van der Waals surface area contributed by atoms with Crippen LogP contribution in [0.15, 0.2) is 60.7 Å². The second-order valence-electron chi connectivity index (χ2n) is 6.75. The quantitative estimate of drug-likeness (QED) is 0.425. The minimum Gasteiger partial charge on any atom is -0.484 e. The average Bonchev–Trinajstić information content (AvgIpc) is 3.20. The van der Waals surface area contributed by atoms with Crippen LogP contribution in [0.5, 0.6) is 11.6 Å². The van der Waals surface area contributed by atoms with Crippen LogP contribution < -0.4 is 14.8 Å². The van der Waals surface area contributed by atoms with Gasteiger partial charge in [-0.25, -0.2) is 0 Å². The third-order valence-corrected chi connectivity index (χ3v) is 4.75. The Kier molecular flexibility index (Phi) is 6.28. The monoisotopic (exact) mass is 437 g/mol. The molecular formula is C22H20ClN5O3. The number of carbonyl (C=O) groups excluding carboxylic acids is 1. The number of amides is 1. The van der Waals surface area contributed by atoms with Crippen LogP contribution in [-0.2, 0) is 4.79 Å². The summed E-state index contributed by atoms with van der Waals surface area (Å²) in [5, 5.41) is 16.0. The minimum atomic E-state index is -0.229. The SMILES string of the molecule is Cc1ccc(OCC(=O)NCCOc2ccc3nnc(-c4ccccc4Cl)n3n2)cc1. The van der Waals surface area contributed by atoms with Gasteiger partial charge in [-0.1, -0.05) is 41.4 Å². The summed E-state index contributed by atoms with van der Waals surface area (Å²) in [5.41, 5.74) is 2.43. The number of fused-ring (bicyclic) bond motifs is 1. The predicted molar refractivity (Wildman–Crippen MR) is 116 cm³/mol. The van der Waals surface area contributed by atoms with Crippen molar-refractivity contribution in [2.45, 2.75) is 6.92 Å². The van der Waals surface area contributed by atoms with Crippen molar-refractivity contribution in [3.05, 3.63) is 71.2 Å². The van der Waals surface area contributed by atoms with Crippen molar-refractivity contribution in [3.8, 4) is 23.0 Å². The molecule has 158 valence electrons. The third kappa shape index (κ3) is 5.10. The number of aromatic nitrogens is 4. The van der Waals surface area contributed by atoms with Gasteiger partial charge in [0.25, 0.3) is 5.91 Å². The highest BCUT2D eigenvalue weighted by Crippen LogP contribution is 2.26. The summed E-state index contributed by atoms with van der Waals surface area (Å²) in [7, 11) is 0. The fourth-order valence-corrected chi connectivity index (χ4v) is 3.06. The molecule has 1 amide bonds. The summed E-state index contributed by atoms with van der Waals surface area (Å²) in [5.74, 6) is 1.32. The molecule has 0 saturated carbocycles. The second-order valence-corrected chi connectivity index (χ2v) is 7.15. The highest BCUT2D eigenvalue weighted by atomic mass is 35.5. The largest absolute Gasteiger partial charge is 0.484 e. The lowest BCUT2D eigenvalue weighted by molar-refractivity contribution is -0.123. The number of rotatable bonds is 8. The Morgan fingerprint density at radius 1 is 1.03 bits per heavy atom.